The molecule has 1 atom stereocenters. The maximum Gasteiger partial charge on any atom is 0.320 e. The first-order valence-corrected chi connectivity index (χ1v) is 6.54. The third kappa shape index (κ3) is 3.52. The van der Waals surface area contributed by atoms with E-state index in [0.717, 1.165) is 5.56 Å². The fraction of sp³-hybridized carbons (Fsp3) is 0.188. The van der Waals surface area contributed by atoms with Gasteiger partial charge in [-0.2, -0.15) is 0 Å². The van der Waals surface area contributed by atoms with E-state index >= 15 is 0 Å². The monoisotopic (exact) mass is 287 g/mol. The summed E-state index contributed by atoms with van der Waals surface area (Å²) in [7, 11) is 0. The number of aromatic hydroxyl groups is 2. The van der Waals surface area contributed by atoms with Crippen LogP contribution in [0.15, 0.2) is 42.5 Å². The molecule has 0 bridgehead atoms. The van der Waals surface area contributed by atoms with E-state index in [2.05, 4.69) is 0 Å². The Balaban J connectivity index is 2.37. The van der Waals surface area contributed by atoms with Gasteiger partial charge in [-0.3, -0.25) is 4.79 Å². The zero-order valence-corrected chi connectivity index (χ0v) is 11.4. The molecule has 0 spiro atoms. The van der Waals surface area contributed by atoms with E-state index in [4.69, 9.17) is 10.8 Å². The molecule has 0 aliphatic carbocycles. The van der Waals surface area contributed by atoms with E-state index in [-0.39, 0.29) is 17.9 Å². The molecule has 0 fully saturated rings. The van der Waals surface area contributed by atoms with E-state index in [1.807, 2.05) is 30.3 Å². The quantitative estimate of drug-likeness (QED) is 0.626. The summed E-state index contributed by atoms with van der Waals surface area (Å²) in [5.74, 6) is -1.56. The van der Waals surface area contributed by atoms with Gasteiger partial charge in [0.25, 0.3) is 0 Å². The lowest BCUT2D eigenvalue weighted by molar-refractivity contribution is -0.138. The smallest absolute Gasteiger partial charge is 0.320 e. The van der Waals surface area contributed by atoms with Gasteiger partial charge >= 0.3 is 5.97 Å². The van der Waals surface area contributed by atoms with Gasteiger partial charge in [0.15, 0.2) is 11.5 Å². The summed E-state index contributed by atoms with van der Waals surface area (Å²) in [6.45, 7) is 0. The van der Waals surface area contributed by atoms with Crippen molar-refractivity contribution in [2.75, 3.05) is 0 Å². The lowest BCUT2D eigenvalue weighted by Gasteiger charge is -2.14. The normalized spacial score (nSPS) is 12.0. The second kappa shape index (κ2) is 6.28. The van der Waals surface area contributed by atoms with Crippen molar-refractivity contribution >= 4 is 5.97 Å². The summed E-state index contributed by atoms with van der Waals surface area (Å²) in [6.07, 6.45) is 0.480. The van der Waals surface area contributed by atoms with Gasteiger partial charge in [0, 0.05) is 12.0 Å². The van der Waals surface area contributed by atoms with Gasteiger partial charge < -0.3 is 21.1 Å². The number of carboxylic acid groups (broad SMARTS) is 1. The molecule has 0 unspecified atom stereocenters. The first kappa shape index (κ1) is 14.9. The van der Waals surface area contributed by atoms with E-state index in [9.17, 15) is 15.0 Å². The molecule has 5 nitrogen and oxygen atoms in total. The van der Waals surface area contributed by atoms with Gasteiger partial charge in [-0.15, -0.1) is 0 Å². The van der Waals surface area contributed by atoms with Crippen LogP contribution in [0.3, 0.4) is 0 Å². The second-order valence-corrected chi connectivity index (χ2v) is 4.88. The van der Waals surface area contributed by atoms with Gasteiger partial charge in [-0.05, 0) is 23.6 Å². The van der Waals surface area contributed by atoms with Gasteiger partial charge in [0.2, 0.25) is 0 Å². The zero-order valence-electron chi connectivity index (χ0n) is 11.4. The largest absolute Gasteiger partial charge is 0.504 e. The predicted octanol–water partition coefficient (Wildman–Crippen LogP) is 1.64. The molecule has 5 N–H and O–H groups in total. The number of nitrogens with two attached hydrogens (primary N) is 1. The Hall–Kier alpha value is -2.53. The lowest BCUT2D eigenvalue weighted by Crippen LogP contribution is -2.32. The Bertz CT molecular complexity index is 640. The maximum absolute atomic E-state index is 10.9. The molecule has 0 aliphatic heterocycles. The number of hydrogen-bond donors (Lipinski definition) is 4. The van der Waals surface area contributed by atoms with Crippen molar-refractivity contribution in [1.29, 1.82) is 0 Å². The average molecular weight is 287 g/mol. The van der Waals surface area contributed by atoms with Crippen LogP contribution in [0, 0.1) is 0 Å². The third-order valence-corrected chi connectivity index (χ3v) is 3.34. The van der Waals surface area contributed by atoms with Crippen molar-refractivity contribution in [3.05, 3.63) is 59.2 Å². The van der Waals surface area contributed by atoms with E-state index in [1.54, 1.807) is 6.07 Å². The van der Waals surface area contributed by atoms with E-state index in [0.29, 0.717) is 17.5 Å². The number of benzene rings is 2. The fourth-order valence-corrected chi connectivity index (χ4v) is 2.18. The molecule has 5 heteroatoms. The molecule has 0 saturated heterocycles. The first-order valence-electron chi connectivity index (χ1n) is 6.54. The van der Waals surface area contributed by atoms with Crippen molar-refractivity contribution in [2.24, 2.45) is 5.73 Å². The molecule has 0 aromatic heterocycles. The highest BCUT2D eigenvalue weighted by molar-refractivity contribution is 5.73. The molecular weight excluding hydrogens is 270 g/mol. The molecule has 2 aromatic carbocycles. The number of phenolic OH excluding ortho intramolecular Hbond substituents is 2. The zero-order chi connectivity index (χ0) is 15.4. The van der Waals surface area contributed by atoms with Crippen LogP contribution in [-0.4, -0.2) is 27.3 Å². The van der Waals surface area contributed by atoms with Gasteiger partial charge in [0.05, 0.1) is 0 Å². The van der Waals surface area contributed by atoms with Crippen molar-refractivity contribution in [3.63, 3.8) is 0 Å². The minimum atomic E-state index is -1.10. The fourth-order valence-electron chi connectivity index (χ4n) is 2.18. The molecular formula is C16H17NO4. The standard InChI is InChI=1S/C16H17NO4/c17-13(16(20)21)9-11-6-7-14(18)15(19)12(11)8-10-4-2-1-3-5-10/h1-7,13,18-19H,8-9,17H2,(H,20,21)/t13-/m0/s1. The Morgan fingerprint density at radius 2 is 1.76 bits per heavy atom. The Morgan fingerprint density at radius 3 is 2.38 bits per heavy atom. The molecule has 0 heterocycles. The van der Waals surface area contributed by atoms with Gasteiger partial charge in [-0.1, -0.05) is 36.4 Å². The molecule has 0 amide bonds. The van der Waals surface area contributed by atoms with Crippen LogP contribution in [0.2, 0.25) is 0 Å². The van der Waals surface area contributed by atoms with Crippen molar-refractivity contribution in [3.8, 4) is 11.5 Å². The van der Waals surface area contributed by atoms with Crippen LogP contribution in [0.25, 0.3) is 0 Å². The second-order valence-electron chi connectivity index (χ2n) is 4.88. The Kier molecular flexibility index (Phi) is 4.45. The van der Waals surface area contributed by atoms with Crippen LogP contribution in [-0.2, 0) is 17.6 Å². The molecule has 21 heavy (non-hydrogen) atoms. The van der Waals surface area contributed by atoms with Crippen LogP contribution in [0.4, 0.5) is 0 Å². The number of carbonyl (C=O) groups is 1. The molecule has 110 valence electrons. The van der Waals surface area contributed by atoms with Crippen LogP contribution in [0.1, 0.15) is 16.7 Å². The first-order chi connectivity index (χ1) is 9.99. The third-order valence-electron chi connectivity index (χ3n) is 3.34. The Morgan fingerprint density at radius 1 is 1.10 bits per heavy atom. The topological polar surface area (TPSA) is 104 Å². The van der Waals surface area contributed by atoms with Crippen molar-refractivity contribution in [2.45, 2.75) is 18.9 Å². The van der Waals surface area contributed by atoms with E-state index in [1.165, 1.54) is 6.07 Å². The minimum Gasteiger partial charge on any atom is -0.504 e. The highest BCUT2D eigenvalue weighted by atomic mass is 16.4. The molecule has 2 aromatic rings. The number of hydrogen-bond acceptors (Lipinski definition) is 4. The predicted molar refractivity (Wildman–Crippen MR) is 78.3 cm³/mol. The molecule has 0 aliphatic rings. The van der Waals surface area contributed by atoms with Crippen molar-refractivity contribution in [1.82, 2.24) is 0 Å². The van der Waals surface area contributed by atoms with Crippen LogP contribution >= 0.6 is 0 Å². The number of carboxylic acids is 1. The summed E-state index contributed by atoms with van der Waals surface area (Å²) in [6, 6.07) is 11.3. The maximum atomic E-state index is 10.9. The Labute approximate surface area is 122 Å². The lowest BCUT2D eigenvalue weighted by atomic mass is 9.94. The van der Waals surface area contributed by atoms with Crippen molar-refractivity contribution < 1.29 is 20.1 Å². The minimum absolute atomic E-state index is 0.0886. The average Bonchev–Trinajstić information content (AvgIpc) is 2.47. The summed E-state index contributed by atoms with van der Waals surface area (Å²) >= 11 is 0. The summed E-state index contributed by atoms with van der Waals surface area (Å²) in [5.41, 5.74) is 7.62. The number of rotatable bonds is 5. The summed E-state index contributed by atoms with van der Waals surface area (Å²) in [5, 5.41) is 28.6. The highest BCUT2D eigenvalue weighted by Gasteiger charge is 2.18. The van der Waals surface area contributed by atoms with Crippen LogP contribution < -0.4 is 5.73 Å². The van der Waals surface area contributed by atoms with Gasteiger partial charge in [-0.25, -0.2) is 0 Å². The summed E-state index contributed by atoms with van der Waals surface area (Å²) in [4.78, 5) is 10.9. The highest BCUT2D eigenvalue weighted by Crippen LogP contribution is 2.33. The molecule has 2 rings (SSSR count). The molecule has 0 saturated carbocycles. The number of phenols is 2. The van der Waals surface area contributed by atoms with Crippen LogP contribution in [0.5, 0.6) is 11.5 Å². The SMILES string of the molecule is N[C@@H](Cc1ccc(O)c(O)c1Cc1ccccc1)C(=O)O. The van der Waals surface area contributed by atoms with Gasteiger partial charge in [0.1, 0.15) is 6.04 Å². The van der Waals surface area contributed by atoms with E-state index < -0.39 is 12.0 Å². The summed E-state index contributed by atoms with van der Waals surface area (Å²) < 4.78 is 0. The number of aliphatic carboxylic acids is 1. The molecule has 0 radical (unpaired) electrons.